The third kappa shape index (κ3) is 4.84. The van der Waals surface area contributed by atoms with E-state index in [1.807, 2.05) is 79.0 Å². The summed E-state index contributed by atoms with van der Waals surface area (Å²) in [5.74, 6) is -1.52. The van der Waals surface area contributed by atoms with Crippen LogP contribution in [0.3, 0.4) is 0 Å². The van der Waals surface area contributed by atoms with Crippen LogP contribution < -0.4 is 15.3 Å². The fraction of sp³-hybridized carbons (Fsp3) is 0.120. The van der Waals surface area contributed by atoms with Crippen molar-refractivity contribution in [3.8, 4) is 11.3 Å². The molecule has 0 spiro atoms. The maximum atomic E-state index is 13.4. The summed E-state index contributed by atoms with van der Waals surface area (Å²) in [4.78, 5) is 35.8. The van der Waals surface area contributed by atoms with Crippen molar-refractivity contribution >= 4 is 61.9 Å². The number of hydrazone groups is 2. The molecule has 5 rings (SSSR count). The number of aromatic carboxylic acids is 1. The molecular formula is C25H21N7O3S2. The lowest BCUT2D eigenvalue weighted by Gasteiger charge is -2.12. The fourth-order valence-corrected chi connectivity index (χ4v) is 5.11. The number of hydrogen-bond acceptors (Lipinski definition) is 10. The van der Waals surface area contributed by atoms with Crippen molar-refractivity contribution in [2.24, 2.45) is 10.2 Å². The zero-order valence-corrected chi connectivity index (χ0v) is 21.7. The van der Waals surface area contributed by atoms with E-state index in [0.29, 0.717) is 22.1 Å². The first-order valence-corrected chi connectivity index (χ1v) is 12.8. The molecule has 186 valence electrons. The molecule has 3 heterocycles. The monoisotopic (exact) mass is 531 g/mol. The number of amides is 1. The Labute approximate surface area is 220 Å². The number of carboxylic acids is 1. The van der Waals surface area contributed by atoms with Crippen molar-refractivity contribution < 1.29 is 14.7 Å². The second-order valence-electron chi connectivity index (χ2n) is 8.20. The first-order valence-electron chi connectivity index (χ1n) is 11.1. The van der Waals surface area contributed by atoms with Gasteiger partial charge in [0.1, 0.15) is 10.6 Å². The van der Waals surface area contributed by atoms with Crippen molar-refractivity contribution in [2.75, 3.05) is 29.4 Å². The number of thiazole rings is 2. The highest BCUT2D eigenvalue weighted by Gasteiger charge is 2.36. The third-order valence-electron chi connectivity index (χ3n) is 5.47. The molecule has 4 aromatic rings. The molecule has 2 N–H and O–H groups in total. The van der Waals surface area contributed by atoms with Gasteiger partial charge < -0.3 is 10.0 Å². The van der Waals surface area contributed by atoms with Crippen LogP contribution in [0.2, 0.25) is 0 Å². The number of benzene rings is 2. The van der Waals surface area contributed by atoms with E-state index in [4.69, 9.17) is 0 Å². The molecule has 2 aromatic carbocycles. The Bertz CT molecular complexity index is 1540. The highest BCUT2D eigenvalue weighted by Crippen LogP contribution is 2.31. The Hall–Kier alpha value is -4.42. The minimum atomic E-state index is -1.07. The van der Waals surface area contributed by atoms with Crippen LogP contribution >= 0.6 is 22.7 Å². The zero-order valence-electron chi connectivity index (χ0n) is 20.0. The quantitative estimate of drug-likeness (QED) is 0.335. The summed E-state index contributed by atoms with van der Waals surface area (Å²) in [5.41, 5.74) is 6.98. The zero-order chi connectivity index (χ0) is 26.1. The third-order valence-corrected chi connectivity index (χ3v) is 7.34. The Morgan fingerprint density at radius 3 is 2.43 bits per heavy atom. The summed E-state index contributed by atoms with van der Waals surface area (Å²) < 4.78 is 0. The first-order chi connectivity index (χ1) is 17.8. The van der Waals surface area contributed by atoms with Gasteiger partial charge in [0.2, 0.25) is 10.3 Å². The van der Waals surface area contributed by atoms with Crippen molar-refractivity contribution in [3.63, 3.8) is 0 Å². The van der Waals surface area contributed by atoms with E-state index in [9.17, 15) is 14.7 Å². The van der Waals surface area contributed by atoms with Crippen molar-refractivity contribution in [1.82, 2.24) is 9.97 Å². The van der Waals surface area contributed by atoms with Crippen LogP contribution in [0.4, 0.5) is 16.0 Å². The molecule has 10 nitrogen and oxygen atoms in total. The molecule has 0 saturated carbocycles. The van der Waals surface area contributed by atoms with Crippen LogP contribution in [-0.2, 0) is 4.79 Å². The molecule has 2 aromatic heterocycles. The normalized spacial score (nSPS) is 14.2. The summed E-state index contributed by atoms with van der Waals surface area (Å²) >= 11 is 2.25. The number of anilines is 3. The number of carbonyl (C=O) groups is 2. The van der Waals surface area contributed by atoms with E-state index in [1.165, 1.54) is 16.3 Å². The molecule has 0 atom stereocenters. The van der Waals surface area contributed by atoms with Gasteiger partial charge in [0.25, 0.3) is 0 Å². The highest BCUT2D eigenvalue weighted by atomic mass is 32.1. The smallest absolute Gasteiger partial charge is 0.347 e. The summed E-state index contributed by atoms with van der Waals surface area (Å²) in [6.07, 6.45) is 0. The number of carboxylic acid groups (broad SMARTS) is 1. The van der Waals surface area contributed by atoms with Crippen LogP contribution in [0.1, 0.15) is 20.9 Å². The van der Waals surface area contributed by atoms with Crippen LogP contribution in [-0.4, -0.2) is 52.5 Å². The SMILES string of the molecule is Cc1nc(N/N=C2\C(=O)N(c3nc(-c4ccc(N(C)C)cc4)cs3)N=C2c2ccccc2)sc1C(=O)O. The van der Waals surface area contributed by atoms with E-state index < -0.39 is 11.9 Å². The van der Waals surface area contributed by atoms with Crippen LogP contribution in [0.25, 0.3) is 11.3 Å². The number of nitrogens with one attached hydrogen (secondary N) is 1. The topological polar surface area (TPSA) is 123 Å². The molecule has 0 fully saturated rings. The summed E-state index contributed by atoms with van der Waals surface area (Å²) in [6, 6.07) is 17.2. The van der Waals surface area contributed by atoms with E-state index in [0.717, 1.165) is 28.3 Å². The molecule has 0 unspecified atom stereocenters. The molecule has 0 aliphatic carbocycles. The van der Waals surface area contributed by atoms with Gasteiger partial charge in [-0.15, -0.1) is 11.3 Å². The number of aryl methyl sites for hydroxylation is 1. The number of carbonyl (C=O) groups excluding carboxylic acids is 1. The number of rotatable bonds is 7. The molecule has 0 radical (unpaired) electrons. The van der Waals surface area contributed by atoms with Gasteiger partial charge in [-0.1, -0.05) is 53.8 Å². The molecule has 0 saturated heterocycles. The van der Waals surface area contributed by atoms with E-state index in [2.05, 4.69) is 25.6 Å². The van der Waals surface area contributed by atoms with Crippen LogP contribution in [0.5, 0.6) is 0 Å². The maximum Gasteiger partial charge on any atom is 0.347 e. The van der Waals surface area contributed by atoms with Crippen molar-refractivity contribution in [2.45, 2.75) is 6.92 Å². The Kier molecular flexibility index (Phi) is 6.51. The van der Waals surface area contributed by atoms with Gasteiger partial charge in [0, 0.05) is 36.3 Å². The van der Waals surface area contributed by atoms with Gasteiger partial charge in [-0.05, 0) is 19.1 Å². The molecule has 0 bridgehead atoms. The lowest BCUT2D eigenvalue weighted by molar-refractivity contribution is -0.112. The van der Waals surface area contributed by atoms with Crippen molar-refractivity contribution in [1.29, 1.82) is 0 Å². The van der Waals surface area contributed by atoms with Crippen LogP contribution in [0, 0.1) is 6.92 Å². The fourth-order valence-electron chi connectivity index (χ4n) is 3.59. The summed E-state index contributed by atoms with van der Waals surface area (Å²) in [7, 11) is 3.96. The second-order valence-corrected chi connectivity index (χ2v) is 10.0. The van der Waals surface area contributed by atoms with E-state index in [-0.39, 0.29) is 15.7 Å². The van der Waals surface area contributed by atoms with E-state index >= 15 is 0 Å². The lowest BCUT2D eigenvalue weighted by atomic mass is 10.1. The van der Waals surface area contributed by atoms with Gasteiger partial charge in [0.15, 0.2) is 5.71 Å². The first kappa shape index (κ1) is 24.3. The van der Waals surface area contributed by atoms with Crippen LogP contribution in [0.15, 0.2) is 70.2 Å². The maximum absolute atomic E-state index is 13.4. The predicted molar refractivity (Wildman–Crippen MR) is 147 cm³/mol. The van der Waals surface area contributed by atoms with Gasteiger partial charge >= 0.3 is 11.9 Å². The Morgan fingerprint density at radius 2 is 1.78 bits per heavy atom. The minimum Gasteiger partial charge on any atom is -0.477 e. The number of nitrogens with zero attached hydrogens (tertiary/aromatic N) is 6. The summed E-state index contributed by atoms with van der Waals surface area (Å²) in [6.45, 7) is 1.60. The average molecular weight is 532 g/mol. The standard InChI is InChI=1S/C25H21N7O3S2/c1-14-21(23(34)35)37-24(26-14)29-28-20-19(16-7-5-4-6-8-16)30-32(22(20)33)25-27-18(13-36-25)15-9-11-17(12-10-15)31(2)3/h4-13H,1-3H3,(H,26,29)(H,34,35)/b28-20-. The van der Waals surface area contributed by atoms with Gasteiger partial charge in [-0.3, -0.25) is 10.2 Å². The minimum absolute atomic E-state index is 0.0722. The number of hydrogen-bond donors (Lipinski definition) is 2. The molecule has 1 amide bonds. The van der Waals surface area contributed by atoms with Gasteiger partial charge in [0.05, 0.1) is 11.4 Å². The Balaban J connectivity index is 1.46. The lowest BCUT2D eigenvalue weighted by Crippen LogP contribution is -2.28. The van der Waals surface area contributed by atoms with Gasteiger partial charge in [-0.2, -0.15) is 15.2 Å². The molecule has 1 aliphatic heterocycles. The molecule has 37 heavy (non-hydrogen) atoms. The molecular weight excluding hydrogens is 510 g/mol. The summed E-state index contributed by atoms with van der Waals surface area (Å²) in [5, 5.41) is 21.9. The molecule has 1 aliphatic rings. The largest absolute Gasteiger partial charge is 0.477 e. The second kappa shape index (κ2) is 9.91. The Morgan fingerprint density at radius 1 is 1.05 bits per heavy atom. The van der Waals surface area contributed by atoms with Gasteiger partial charge in [-0.25, -0.2) is 14.8 Å². The highest BCUT2D eigenvalue weighted by molar-refractivity contribution is 7.17. The van der Waals surface area contributed by atoms with Crippen molar-refractivity contribution in [3.05, 3.63) is 76.1 Å². The number of aromatic nitrogens is 2. The molecule has 12 heteroatoms. The average Bonchev–Trinajstić information content (AvgIpc) is 3.60. The van der Waals surface area contributed by atoms with E-state index in [1.54, 1.807) is 6.92 Å². The predicted octanol–water partition coefficient (Wildman–Crippen LogP) is 4.56.